The van der Waals surface area contributed by atoms with Crippen molar-refractivity contribution in [3.63, 3.8) is 0 Å². The lowest BCUT2D eigenvalue weighted by atomic mass is 10.1. The Hall–Kier alpha value is -2.35. The van der Waals surface area contributed by atoms with Gasteiger partial charge in [0.2, 0.25) is 0 Å². The number of hydrogen-bond donors (Lipinski definition) is 2. The van der Waals surface area contributed by atoms with Gasteiger partial charge in [0.05, 0.1) is 30.2 Å². The SMILES string of the molecule is CCc1noc(CC)c1CNC(=O)Nc1cnn(C[C@@H]2CCCO2)c1. The van der Waals surface area contributed by atoms with Crippen LogP contribution in [0.15, 0.2) is 16.9 Å². The highest BCUT2D eigenvalue weighted by Gasteiger charge is 2.17. The third-order valence-corrected chi connectivity index (χ3v) is 4.34. The van der Waals surface area contributed by atoms with Gasteiger partial charge in [0, 0.05) is 31.3 Å². The normalized spacial score (nSPS) is 17.0. The number of amides is 2. The zero-order valence-electron chi connectivity index (χ0n) is 14.7. The second-order valence-corrected chi connectivity index (χ2v) is 6.13. The van der Waals surface area contributed by atoms with Crippen LogP contribution < -0.4 is 10.6 Å². The van der Waals surface area contributed by atoms with Gasteiger partial charge >= 0.3 is 6.03 Å². The molecule has 1 aliphatic rings. The number of ether oxygens (including phenoxy) is 1. The summed E-state index contributed by atoms with van der Waals surface area (Å²) >= 11 is 0. The lowest BCUT2D eigenvalue weighted by Gasteiger charge is -2.08. The molecule has 2 N–H and O–H groups in total. The fourth-order valence-corrected chi connectivity index (χ4v) is 3.01. The van der Waals surface area contributed by atoms with E-state index in [-0.39, 0.29) is 12.1 Å². The van der Waals surface area contributed by atoms with Crippen LogP contribution in [-0.2, 0) is 30.7 Å². The summed E-state index contributed by atoms with van der Waals surface area (Å²) in [5.74, 6) is 0.821. The summed E-state index contributed by atoms with van der Waals surface area (Å²) in [5.41, 5.74) is 2.52. The standard InChI is InChI=1S/C17H25N5O3/c1-3-15-14(16(4-2)25-21-15)9-18-17(23)20-12-8-19-22(10-12)11-13-6-5-7-24-13/h8,10,13H,3-7,9,11H2,1-2H3,(H2,18,20,23)/t13-/m0/s1. The zero-order chi connectivity index (χ0) is 17.6. The van der Waals surface area contributed by atoms with Crippen molar-refractivity contribution in [2.45, 2.75) is 58.7 Å². The lowest BCUT2D eigenvalue weighted by molar-refractivity contribution is 0.0940. The van der Waals surface area contributed by atoms with Crippen molar-refractivity contribution in [2.75, 3.05) is 11.9 Å². The van der Waals surface area contributed by atoms with Gasteiger partial charge in [-0.05, 0) is 19.3 Å². The average Bonchev–Trinajstić information content (AvgIpc) is 3.34. The first-order chi connectivity index (χ1) is 12.2. The van der Waals surface area contributed by atoms with E-state index in [1.165, 1.54) is 0 Å². The highest BCUT2D eigenvalue weighted by Crippen LogP contribution is 2.16. The molecule has 0 aromatic carbocycles. The minimum Gasteiger partial charge on any atom is -0.376 e. The monoisotopic (exact) mass is 347 g/mol. The number of anilines is 1. The molecule has 3 rings (SSSR count). The third-order valence-electron chi connectivity index (χ3n) is 4.34. The summed E-state index contributed by atoms with van der Waals surface area (Å²) in [7, 11) is 0. The fourth-order valence-electron chi connectivity index (χ4n) is 3.01. The summed E-state index contributed by atoms with van der Waals surface area (Å²) in [5, 5.41) is 14.0. The van der Waals surface area contributed by atoms with Crippen LogP contribution in [0, 0.1) is 0 Å². The number of carbonyl (C=O) groups excluding carboxylic acids is 1. The van der Waals surface area contributed by atoms with Crippen LogP contribution in [0.2, 0.25) is 0 Å². The summed E-state index contributed by atoms with van der Waals surface area (Å²) in [4.78, 5) is 12.1. The van der Waals surface area contributed by atoms with Crippen LogP contribution in [0.3, 0.4) is 0 Å². The molecule has 2 aromatic rings. The number of aryl methyl sites for hydroxylation is 2. The molecule has 0 bridgehead atoms. The van der Waals surface area contributed by atoms with Crippen LogP contribution in [-0.4, -0.2) is 33.7 Å². The number of carbonyl (C=O) groups is 1. The van der Waals surface area contributed by atoms with Gasteiger partial charge in [-0.15, -0.1) is 0 Å². The predicted molar refractivity (Wildman–Crippen MR) is 92.3 cm³/mol. The fraction of sp³-hybridized carbons (Fsp3) is 0.588. The quantitative estimate of drug-likeness (QED) is 0.802. The number of aromatic nitrogens is 3. The van der Waals surface area contributed by atoms with Crippen LogP contribution in [0.5, 0.6) is 0 Å². The molecule has 0 saturated carbocycles. The Kier molecular flexibility index (Phi) is 5.70. The highest BCUT2D eigenvalue weighted by atomic mass is 16.5. The predicted octanol–water partition coefficient (Wildman–Crippen LogP) is 2.50. The molecule has 136 valence electrons. The molecule has 0 aliphatic carbocycles. The smallest absolute Gasteiger partial charge is 0.319 e. The van der Waals surface area contributed by atoms with Crippen molar-refractivity contribution < 1.29 is 14.1 Å². The number of hydrogen-bond acceptors (Lipinski definition) is 5. The Morgan fingerprint density at radius 3 is 3.00 bits per heavy atom. The molecule has 25 heavy (non-hydrogen) atoms. The van der Waals surface area contributed by atoms with Gasteiger partial charge in [0.25, 0.3) is 0 Å². The first-order valence-corrected chi connectivity index (χ1v) is 8.84. The molecule has 0 radical (unpaired) electrons. The molecule has 2 amide bonds. The summed E-state index contributed by atoms with van der Waals surface area (Å²) in [6.45, 7) is 5.95. The maximum absolute atomic E-state index is 12.1. The van der Waals surface area contributed by atoms with E-state index in [9.17, 15) is 4.79 Å². The molecule has 8 heteroatoms. The zero-order valence-corrected chi connectivity index (χ0v) is 14.7. The van der Waals surface area contributed by atoms with Crippen LogP contribution in [0.25, 0.3) is 0 Å². The molecule has 1 aliphatic heterocycles. The molecule has 0 spiro atoms. The van der Waals surface area contributed by atoms with Crippen LogP contribution in [0.1, 0.15) is 43.7 Å². The van der Waals surface area contributed by atoms with Crippen LogP contribution in [0.4, 0.5) is 10.5 Å². The Morgan fingerprint density at radius 1 is 1.40 bits per heavy atom. The second-order valence-electron chi connectivity index (χ2n) is 6.13. The van der Waals surface area contributed by atoms with Crippen molar-refractivity contribution in [3.05, 3.63) is 29.4 Å². The Morgan fingerprint density at radius 2 is 2.28 bits per heavy atom. The van der Waals surface area contributed by atoms with Gasteiger partial charge in [-0.3, -0.25) is 4.68 Å². The number of nitrogens with one attached hydrogen (secondary N) is 2. The molecule has 1 saturated heterocycles. The van der Waals surface area contributed by atoms with E-state index < -0.39 is 0 Å². The average molecular weight is 347 g/mol. The molecular formula is C17H25N5O3. The molecule has 1 fully saturated rings. The third kappa shape index (κ3) is 4.39. The first kappa shape index (κ1) is 17.5. The summed E-state index contributed by atoms with van der Waals surface area (Å²) in [6, 6.07) is -0.276. The summed E-state index contributed by atoms with van der Waals surface area (Å²) in [6.07, 6.45) is 7.36. The van der Waals surface area contributed by atoms with Crippen molar-refractivity contribution in [1.82, 2.24) is 20.3 Å². The van der Waals surface area contributed by atoms with E-state index in [0.717, 1.165) is 49.3 Å². The Labute approximate surface area is 146 Å². The number of nitrogens with zero attached hydrogens (tertiary/aromatic N) is 3. The van der Waals surface area contributed by atoms with Gasteiger partial charge in [-0.2, -0.15) is 5.10 Å². The topological polar surface area (TPSA) is 94.2 Å². The van der Waals surface area contributed by atoms with Crippen molar-refractivity contribution >= 4 is 11.7 Å². The molecule has 2 aromatic heterocycles. The van der Waals surface area contributed by atoms with Crippen molar-refractivity contribution in [1.29, 1.82) is 0 Å². The van der Waals surface area contributed by atoms with E-state index in [0.29, 0.717) is 18.8 Å². The Balaban J connectivity index is 1.51. The summed E-state index contributed by atoms with van der Waals surface area (Å²) < 4.78 is 12.7. The Bertz CT molecular complexity index is 681. The van der Waals surface area contributed by atoms with Gasteiger partial charge in [0.15, 0.2) is 0 Å². The van der Waals surface area contributed by atoms with E-state index in [2.05, 4.69) is 20.9 Å². The van der Waals surface area contributed by atoms with Gasteiger partial charge in [0.1, 0.15) is 5.76 Å². The molecule has 3 heterocycles. The van der Waals surface area contributed by atoms with E-state index >= 15 is 0 Å². The molecule has 1 atom stereocenters. The first-order valence-electron chi connectivity index (χ1n) is 8.84. The number of rotatable bonds is 7. The maximum Gasteiger partial charge on any atom is 0.319 e. The minimum atomic E-state index is -0.276. The number of urea groups is 1. The molecular weight excluding hydrogens is 322 g/mol. The molecule has 0 unspecified atom stereocenters. The van der Waals surface area contributed by atoms with E-state index in [1.807, 2.05) is 20.0 Å². The van der Waals surface area contributed by atoms with Crippen molar-refractivity contribution in [2.24, 2.45) is 0 Å². The van der Waals surface area contributed by atoms with Crippen LogP contribution >= 0.6 is 0 Å². The largest absolute Gasteiger partial charge is 0.376 e. The van der Waals surface area contributed by atoms with E-state index in [4.69, 9.17) is 9.26 Å². The van der Waals surface area contributed by atoms with Gasteiger partial charge < -0.3 is 19.9 Å². The molecule has 8 nitrogen and oxygen atoms in total. The lowest BCUT2D eigenvalue weighted by Crippen LogP contribution is -2.28. The van der Waals surface area contributed by atoms with E-state index in [1.54, 1.807) is 10.9 Å². The maximum atomic E-state index is 12.1. The van der Waals surface area contributed by atoms with Crippen molar-refractivity contribution in [3.8, 4) is 0 Å². The highest BCUT2D eigenvalue weighted by molar-refractivity contribution is 5.88. The van der Waals surface area contributed by atoms with Gasteiger partial charge in [-0.1, -0.05) is 19.0 Å². The second kappa shape index (κ2) is 8.15. The minimum absolute atomic E-state index is 0.218. The van der Waals surface area contributed by atoms with Gasteiger partial charge in [-0.25, -0.2) is 4.79 Å².